The number of amides is 1. The topological polar surface area (TPSA) is 60.5 Å². The quantitative estimate of drug-likeness (QED) is 0.778. The molecule has 140 valence electrons. The van der Waals surface area contributed by atoms with Crippen LogP contribution in [0.1, 0.15) is 53.9 Å². The normalized spacial score (nSPS) is 15.3. The molecule has 1 saturated carbocycles. The summed E-state index contributed by atoms with van der Waals surface area (Å²) >= 11 is 1.43. The van der Waals surface area contributed by atoms with Gasteiger partial charge in [0.15, 0.2) is 11.5 Å². The van der Waals surface area contributed by atoms with Gasteiger partial charge < -0.3 is 14.8 Å². The van der Waals surface area contributed by atoms with Crippen molar-refractivity contribution in [3.8, 4) is 22.1 Å². The van der Waals surface area contributed by atoms with Gasteiger partial charge >= 0.3 is 0 Å². The van der Waals surface area contributed by atoms with E-state index in [-0.39, 0.29) is 11.9 Å². The van der Waals surface area contributed by atoms with Crippen LogP contribution < -0.4 is 14.8 Å². The zero-order valence-electron chi connectivity index (χ0n) is 15.6. The second kappa shape index (κ2) is 8.54. The van der Waals surface area contributed by atoms with E-state index in [1.807, 2.05) is 25.1 Å². The van der Waals surface area contributed by atoms with Crippen molar-refractivity contribution in [2.75, 3.05) is 14.2 Å². The van der Waals surface area contributed by atoms with Gasteiger partial charge in [-0.2, -0.15) is 0 Å². The molecular weight excluding hydrogens is 348 g/mol. The monoisotopic (exact) mass is 374 g/mol. The Kier molecular flexibility index (Phi) is 6.14. The molecule has 6 heteroatoms. The van der Waals surface area contributed by atoms with Crippen LogP contribution in [0.3, 0.4) is 0 Å². The van der Waals surface area contributed by atoms with Crippen LogP contribution in [0.15, 0.2) is 18.2 Å². The molecule has 1 aliphatic carbocycles. The number of benzene rings is 1. The molecule has 0 bridgehead atoms. The van der Waals surface area contributed by atoms with Gasteiger partial charge in [0.1, 0.15) is 9.88 Å². The summed E-state index contributed by atoms with van der Waals surface area (Å²) in [5, 5.41) is 4.02. The second-order valence-electron chi connectivity index (χ2n) is 6.67. The smallest absolute Gasteiger partial charge is 0.263 e. The Morgan fingerprint density at radius 3 is 2.46 bits per heavy atom. The first-order valence-corrected chi connectivity index (χ1v) is 9.94. The Bertz CT molecular complexity index is 764. The van der Waals surface area contributed by atoms with Gasteiger partial charge in [0.25, 0.3) is 5.91 Å². The van der Waals surface area contributed by atoms with Crippen LogP contribution in [0.2, 0.25) is 0 Å². The lowest BCUT2D eigenvalue weighted by molar-refractivity contribution is 0.0936. The number of ether oxygens (including phenoxy) is 2. The number of methoxy groups -OCH3 is 2. The summed E-state index contributed by atoms with van der Waals surface area (Å²) in [7, 11) is 3.22. The first-order chi connectivity index (χ1) is 12.6. The number of hydrogen-bond acceptors (Lipinski definition) is 5. The predicted molar refractivity (Wildman–Crippen MR) is 104 cm³/mol. The summed E-state index contributed by atoms with van der Waals surface area (Å²) in [4.78, 5) is 18.0. The minimum Gasteiger partial charge on any atom is -0.493 e. The van der Waals surface area contributed by atoms with Crippen LogP contribution >= 0.6 is 11.3 Å². The van der Waals surface area contributed by atoms with E-state index in [0.717, 1.165) is 29.1 Å². The lowest BCUT2D eigenvalue weighted by atomic mass is 10.1. The number of hydrogen-bond donors (Lipinski definition) is 1. The van der Waals surface area contributed by atoms with Crippen molar-refractivity contribution in [3.05, 3.63) is 28.8 Å². The maximum absolute atomic E-state index is 12.7. The first kappa shape index (κ1) is 18.7. The van der Waals surface area contributed by atoms with Crippen LogP contribution in [0.4, 0.5) is 0 Å². The molecule has 0 saturated heterocycles. The summed E-state index contributed by atoms with van der Waals surface area (Å²) in [6, 6.07) is 5.98. The van der Waals surface area contributed by atoms with E-state index in [2.05, 4.69) is 10.3 Å². The number of thiazole rings is 1. The predicted octanol–water partition coefficient (Wildman–Crippen LogP) is 4.59. The van der Waals surface area contributed by atoms with Crippen LogP contribution in [0.5, 0.6) is 11.5 Å². The molecule has 0 aliphatic heterocycles. The van der Waals surface area contributed by atoms with E-state index >= 15 is 0 Å². The van der Waals surface area contributed by atoms with Crippen molar-refractivity contribution in [3.63, 3.8) is 0 Å². The molecule has 3 rings (SSSR count). The maximum Gasteiger partial charge on any atom is 0.263 e. The average Bonchev–Trinajstić information content (AvgIpc) is 2.87. The molecule has 1 aromatic carbocycles. The largest absolute Gasteiger partial charge is 0.493 e. The van der Waals surface area contributed by atoms with Crippen molar-refractivity contribution in [1.29, 1.82) is 0 Å². The lowest BCUT2D eigenvalue weighted by Crippen LogP contribution is -2.34. The minimum atomic E-state index is -0.00127. The van der Waals surface area contributed by atoms with Crippen molar-refractivity contribution in [1.82, 2.24) is 10.3 Å². The molecule has 1 aromatic heterocycles. The Morgan fingerprint density at radius 2 is 1.81 bits per heavy atom. The number of carbonyl (C=O) groups is 1. The third kappa shape index (κ3) is 4.18. The van der Waals surface area contributed by atoms with Gasteiger partial charge in [-0.05, 0) is 38.0 Å². The van der Waals surface area contributed by atoms with Gasteiger partial charge in [0, 0.05) is 11.6 Å². The van der Waals surface area contributed by atoms with Crippen molar-refractivity contribution in [2.45, 2.75) is 51.5 Å². The van der Waals surface area contributed by atoms with E-state index in [4.69, 9.17) is 9.47 Å². The Labute approximate surface area is 158 Å². The highest BCUT2D eigenvalue weighted by Crippen LogP contribution is 2.35. The zero-order chi connectivity index (χ0) is 18.5. The summed E-state index contributed by atoms with van der Waals surface area (Å²) in [6.45, 7) is 1.89. The molecular formula is C20H26N2O3S. The second-order valence-corrected chi connectivity index (χ2v) is 7.66. The molecule has 1 heterocycles. The molecule has 0 unspecified atom stereocenters. The fraction of sp³-hybridized carbons (Fsp3) is 0.500. The molecule has 5 nitrogen and oxygen atoms in total. The SMILES string of the molecule is COc1ccc(-c2nc(C)c(C(=O)NC3CCCCCC3)s2)cc1OC. The number of rotatable bonds is 5. The third-order valence-corrected chi connectivity index (χ3v) is 6.03. The van der Waals surface area contributed by atoms with Crippen molar-refractivity contribution in [2.24, 2.45) is 0 Å². The van der Waals surface area contributed by atoms with Crippen LogP contribution in [0, 0.1) is 6.92 Å². The number of nitrogens with one attached hydrogen (secondary N) is 1. The summed E-state index contributed by atoms with van der Waals surface area (Å²) < 4.78 is 10.7. The molecule has 0 spiro atoms. The average molecular weight is 375 g/mol. The first-order valence-electron chi connectivity index (χ1n) is 9.13. The van der Waals surface area contributed by atoms with Gasteiger partial charge in [-0.15, -0.1) is 11.3 Å². The third-order valence-electron chi connectivity index (χ3n) is 4.82. The molecule has 2 aromatic rings. The number of aryl methyl sites for hydroxylation is 1. The molecule has 1 aliphatic rings. The van der Waals surface area contributed by atoms with E-state index in [1.54, 1.807) is 14.2 Å². The van der Waals surface area contributed by atoms with Gasteiger partial charge in [-0.25, -0.2) is 4.98 Å². The number of carbonyl (C=O) groups excluding carboxylic acids is 1. The highest BCUT2D eigenvalue weighted by molar-refractivity contribution is 7.17. The highest BCUT2D eigenvalue weighted by Gasteiger charge is 2.21. The molecule has 1 N–H and O–H groups in total. The zero-order valence-corrected chi connectivity index (χ0v) is 16.4. The Hall–Kier alpha value is -2.08. The number of nitrogens with zero attached hydrogens (tertiary/aromatic N) is 1. The summed E-state index contributed by atoms with van der Waals surface area (Å²) in [5.74, 6) is 1.33. The van der Waals surface area contributed by atoms with Gasteiger partial charge in [-0.1, -0.05) is 25.7 Å². The van der Waals surface area contributed by atoms with E-state index in [9.17, 15) is 4.79 Å². The van der Waals surface area contributed by atoms with E-state index in [0.29, 0.717) is 16.4 Å². The van der Waals surface area contributed by atoms with Crippen LogP contribution in [-0.2, 0) is 0 Å². The Morgan fingerprint density at radius 1 is 1.12 bits per heavy atom. The minimum absolute atomic E-state index is 0.00127. The summed E-state index contributed by atoms with van der Waals surface area (Å²) in [6.07, 6.45) is 7.09. The van der Waals surface area contributed by atoms with Gasteiger partial charge in [-0.3, -0.25) is 4.79 Å². The molecule has 26 heavy (non-hydrogen) atoms. The fourth-order valence-corrected chi connectivity index (χ4v) is 4.34. The summed E-state index contributed by atoms with van der Waals surface area (Å²) in [5.41, 5.74) is 1.69. The Balaban J connectivity index is 1.79. The van der Waals surface area contributed by atoms with Crippen LogP contribution in [0.25, 0.3) is 10.6 Å². The van der Waals surface area contributed by atoms with Gasteiger partial charge in [0.05, 0.1) is 19.9 Å². The van der Waals surface area contributed by atoms with Crippen molar-refractivity contribution < 1.29 is 14.3 Å². The van der Waals surface area contributed by atoms with Crippen LogP contribution in [-0.4, -0.2) is 31.2 Å². The lowest BCUT2D eigenvalue weighted by Gasteiger charge is -2.15. The molecule has 0 radical (unpaired) electrons. The van der Waals surface area contributed by atoms with E-state index < -0.39 is 0 Å². The maximum atomic E-state index is 12.7. The van der Waals surface area contributed by atoms with Crippen molar-refractivity contribution >= 4 is 17.2 Å². The standard InChI is InChI=1S/C20H26N2O3S/c1-13-18(19(23)22-15-8-6-4-5-7-9-15)26-20(21-13)14-10-11-16(24-2)17(12-14)25-3/h10-12,15H,4-9H2,1-3H3,(H,22,23). The molecule has 1 fully saturated rings. The number of aromatic nitrogens is 1. The molecule has 1 amide bonds. The van der Waals surface area contributed by atoms with E-state index in [1.165, 1.54) is 37.0 Å². The fourth-order valence-electron chi connectivity index (χ4n) is 3.37. The highest BCUT2D eigenvalue weighted by atomic mass is 32.1. The van der Waals surface area contributed by atoms with Gasteiger partial charge in [0.2, 0.25) is 0 Å². The molecule has 0 atom stereocenters.